The zero-order valence-corrected chi connectivity index (χ0v) is 10.4. The maximum atomic E-state index is 12.6. The summed E-state index contributed by atoms with van der Waals surface area (Å²) in [6.07, 6.45) is -10.00. The fourth-order valence-electron chi connectivity index (χ4n) is 1.22. The zero-order chi connectivity index (χ0) is 15.0. The van der Waals surface area contributed by atoms with Gasteiger partial charge in [-0.1, -0.05) is 11.6 Å². The van der Waals surface area contributed by atoms with Gasteiger partial charge in [0.15, 0.2) is 5.11 Å². The van der Waals surface area contributed by atoms with Gasteiger partial charge in [-0.05, 0) is 24.4 Å². The van der Waals surface area contributed by atoms with Crippen molar-refractivity contribution in [3.05, 3.63) is 28.3 Å². The van der Waals surface area contributed by atoms with Crippen LogP contribution in [0.1, 0.15) is 11.1 Å². The number of nitrogens with one attached hydrogen (secondary N) is 1. The van der Waals surface area contributed by atoms with Crippen molar-refractivity contribution in [2.75, 3.05) is 5.32 Å². The highest BCUT2D eigenvalue weighted by molar-refractivity contribution is 7.80. The third-order valence-electron chi connectivity index (χ3n) is 1.96. The molecule has 19 heavy (non-hydrogen) atoms. The molecule has 0 aliphatic carbocycles. The lowest BCUT2D eigenvalue weighted by Crippen LogP contribution is -2.21. The molecule has 0 aliphatic heterocycles. The van der Waals surface area contributed by atoms with Crippen LogP contribution in [0.2, 0.25) is 5.02 Å². The standard InChI is InChI=1S/C9H5ClF6N2S/c10-6-4(9(14,15)16)1-3(8(11,12)13)2-5(6)18-7(17)19/h1-2H,(H3,17,18,19). The van der Waals surface area contributed by atoms with E-state index in [0.717, 1.165) is 0 Å². The van der Waals surface area contributed by atoms with Crippen LogP contribution in [0.15, 0.2) is 12.1 Å². The van der Waals surface area contributed by atoms with E-state index < -0.39 is 39.3 Å². The van der Waals surface area contributed by atoms with Crippen LogP contribution in [0.5, 0.6) is 0 Å². The number of benzene rings is 1. The van der Waals surface area contributed by atoms with E-state index in [-0.39, 0.29) is 6.07 Å². The van der Waals surface area contributed by atoms with E-state index in [1.165, 1.54) is 0 Å². The number of hydrogen-bond donors (Lipinski definition) is 2. The molecular formula is C9H5ClF6N2S. The van der Waals surface area contributed by atoms with Crippen LogP contribution in [0.25, 0.3) is 0 Å². The van der Waals surface area contributed by atoms with Gasteiger partial charge in [0, 0.05) is 0 Å². The van der Waals surface area contributed by atoms with Crippen molar-refractivity contribution in [1.29, 1.82) is 0 Å². The van der Waals surface area contributed by atoms with E-state index in [1.54, 1.807) is 0 Å². The lowest BCUT2D eigenvalue weighted by atomic mass is 10.1. The molecule has 106 valence electrons. The van der Waals surface area contributed by atoms with Gasteiger partial charge in [-0.25, -0.2) is 0 Å². The van der Waals surface area contributed by atoms with E-state index in [9.17, 15) is 26.3 Å². The molecule has 0 amide bonds. The molecule has 2 nitrogen and oxygen atoms in total. The SMILES string of the molecule is NC(=S)Nc1cc(C(F)(F)F)cc(C(F)(F)F)c1Cl. The third kappa shape index (κ3) is 3.87. The molecule has 0 heterocycles. The number of thiocarbonyl (C=S) groups is 1. The number of hydrogen-bond acceptors (Lipinski definition) is 1. The molecule has 1 rings (SSSR count). The number of rotatable bonds is 1. The van der Waals surface area contributed by atoms with Gasteiger partial charge < -0.3 is 11.1 Å². The van der Waals surface area contributed by atoms with E-state index in [0.29, 0.717) is 6.07 Å². The Morgan fingerprint density at radius 2 is 1.63 bits per heavy atom. The Morgan fingerprint density at radius 1 is 1.11 bits per heavy atom. The Hall–Kier alpha value is -1.22. The van der Waals surface area contributed by atoms with Crippen molar-refractivity contribution in [1.82, 2.24) is 0 Å². The molecule has 1 aromatic carbocycles. The highest BCUT2D eigenvalue weighted by Crippen LogP contribution is 2.42. The first-order valence-electron chi connectivity index (χ1n) is 4.47. The zero-order valence-electron chi connectivity index (χ0n) is 8.79. The molecule has 0 spiro atoms. The van der Waals surface area contributed by atoms with Crippen LogP contribution in [0.3, 0.4) is 0 Å². The van der Waals surface area contributed by atoms with E-state index >= 15 is 0 Å². The molecule has 0 aromatic heterocycles. The smallest absolute Gasteiger partial charge is 0.376 e. The van der Waals surface area contributed by atoms with Crippen molar-refractivity contribution < 1.29 is 26.3 Å². The Kier molecular flexibility index (Phi) is 4.20. The van der Waals surface area contributed by atoms with Crippen LogP contribution < -0.4 is 11.1 Å². The molecule has 0 atom stereocenters. The highest BCUT2D eigenvalue weighted by atomic mass is 35.5. The average molecular weight is 323 g/mol. The van der Waals surface area contributed by atoms with Gasteiger partial charge in [0.25, 0.3) is 0 Å². The van der Waals surface area contributed by atoms with Crippen LogP contribution in [0.4, 0.5) is 32.0 Å². The number of anilines is 1. The van der Waals surface area contributed by atoms with Crippen LogP contribution in [0, 0.1) is 0 Å². The fraction of sp³-hybridized carbons (Fsp3) is 0.222. The minimum absolute atomic E-state index is 0.0763. The van der Waals surface area contributed by atoms with Gasteiger partial charge in [0.05, 0.1) is 21.8 Å². The topological polar surface area (TPSA) is 38.0 Å². The summed E-state index contributed by atoms with van der Waals surface area (Å²) < 4.78 is 75.3. The van der Waals surface area contributed by atoms with Crippen molar-refractivity contribution in [2.24, 2.45) is 5.73 Å². The van der Waals surface area contributed by atoms with Gasteiger partial charge in [-0.3, -0.25) is 0 Å². The molecule has 0 saturated heterocycles. The summed E-state index contributed by atoms with van der Waals surface area (Å²) in [5, 5.41) is 0.533. The third-order valence-corrected chi connectivity index (χ3v) is 2.47. The first-order chi connectivity index (χ1) is 8.43. The van der Waals surface area contributed by atoms with Crippen molar-refractivity contribution >= 4 is 34.6 Å². The highest BCUT2D eigenvalue weighted by Gasteiger charge is 2.39. The molecule has 1 aromatic rings. The summed E-state index contributed by atoms with van der Waals surface area (Å²) >= 11 is 9.75. The molecule has 0 bridgehead atoms. The van der Waals surface area contributed by atoms with Crippen LogP contribution in [-0.4, -0.2) is 5.11 Å². The lowest BCUT2D eigenvalue weighted by molar-refractivity contribution is -0.142. The second-order valence-electron chi connectivity index (χ2n) is 3.37. The second kappa shape index (κ2) is 5.04. The summed E-state index contributed by atoms with van der Waals surface area (Å²) in [5.41, 5.74) is 1.22. The predicted octanol–water partition coefficient (Wildman–Crippen LogP) is 4.03. The van der Waals surface area contributed by atoms with E-state index in [1.807, 2.05) is 5.32 Å². The fourth-order valence-corrected chi connectivity index (χ4v) is 1.59. The maximum Gasteiger partial charge on any atom is 0.417 e. The predicted molar refractivity (Wildman–Crippen MR) is 61.9 cm³/mol. The first kappa shape index (κ1) is 15.8. The van der Waals surface area contributed by atoms with Crippen LogP contribution in [-0.2, 0) is 12.4 Å². The normalized spacial score (nSPS) is 12.4. The summed E-state index contributed by atoms with van der Waals surface area (Å²) in [7, 11) is 0. The average Bonchev–Trinajstić information content (AvgIpc) is 2.16. The van der Waals surface area contributed by atoms with Gasteiger partial charge in [0.2, 0.25) is 0 Å². The molecule has 0 aliphatic rings. The Balaban J connectivity index is 3.52. The quantitative estimate of drug-likeness (QED) is 0.605. The van der Waals surface area contributed by atoms with Gasteiger partial charge in [0.1, 0.15) is 0 Å². The number of alkyl halides is 6. The van der Waals surface area contributed by atoms with Crippen molar-refractivity contribution in [2.45, 2.75) is 12.4 Å². The largest absolute Gasteiger partial charge is 0.417 e. The number of nitrogens with two attached hydrogens (primary N) is 1. The molecule has 10 heteroatoms. The van der Waals surface area contributed by atoms with E-state index in [4.69, 9.17) is 17.3 Å². The Labute approximate surface area is 113 Å². The lowest BCUT2D eigenvalue weighted by Gasteiger charge is -2.17. The monoisotopic (exact) mass is 322 g/mol. The number of halogens is 7. The molecule has 0 saturated carbocycles. The van der Waals surface area contributed by atoms with Crippen LogP contribution >= 0.6 is 23.8 Å². The molecular weight excluding hydrogens is 318 g/mol. The van der Waals surface area contributed by atoms with E-state index in [2.05, 4.69) is 12.2 Å². The first-order valence-corrected chi connectivity index (χ1v) is 5.26. The summed E-state index contributed by atoms with van der Waals surface area (Å²) in [4.78, 5) is 0. The summed E-state index contributed by atoms with van der Waals surface area (Å²) in [6, 6.07) is 0.323. The Morgan fingerprint density at radius 3 is 2.00 bits per heavy atom. The molecule has 0 radical (unpaired) electrons. The molecule has 3 N–H and O–H groups in total. The summed E-state index contributed by atoms with van der Waals surface area (Å²) in [5.74, 6) is 0. The minimum atomic E-state index is -5.04. The molecule has 0 unspecified atom stereocenters. The van der Waals surface area contributed by atoms with Crippen molar-refractivity contribution in [3.8, 4) is 0 Å². The maximum absolute atomic E-state index is 12.6. The molecule has 0 fully saturated rings. The van der Waals surface area contributed by atoms with Gasteiger partial charge >= 0.3 is 12.4 Å². The second-order valence-corrected chi connectivity index (χ2v) is 4.19. The summed E-state index contributed by atoms with van der Waals surface area (Å²) in [6.45, 7) is 0. The van der Waals surface area contributed by atoms with Crippen molar-refractivity contribution in [3.63, 3.8) is 0 Å². The van der Waals surface area contributed by atoms with Gasteiger partial charge in [-0.15, -0.1) is 0 Å². The minimum Gasteiger partial charge on any atom is -0.376 e. The Bertz CT molecular complexity index is 511. The van der Waals surface area contributed by atoms with Gasteiger partial charge in [-0.2, -0.15) is 26.3 Å².